The van der Waals surface area contributed by atoms with Gasteiger partial charge in [0, 0.05) is 18.8 Å². The van der Waals surface area contributed by atoms with Gasteiger partial charge < -0.3 is 9.64 Å². The molecule has 21 heavy (non-hydrogen) atoms. The lowest BCUT2D eigenvalue weighted by molar-refractivity contribution is 0.122. The smallest absolute Gasteiger partial charge is 0.232 e. The number of sulfonamides is 1. The minimum Gasteiger partial charge on any atom is -0.378 e. The number of ether oxygens (including phenoxy) is 1. The summed E-state index contributed by atoms with van der Waals surface area (Å²) >= 11 is 0. The van der Waals surface area contributed by atoms with Gasteiger partial charge >= 0.3 is 0 Å². The molecule has 0 saturated carbocycles. The number of hydrogen-bond donors (Lipinski definition) is 1. The summed E-state index contributed by atoms with van der Waals surface area (Å²) in [5.74, 6) is 0.315. The maximum Gasteiger partial charge on any atom is 0.232 e. The molecule has 0 spiro atoms. The van der Waals surface area contributed by atoms with Gasteiger partial charge in [0.15, 0.2) is 0 Å². The van der Waals surface area contributed by atoms with Gasteiger partial charge in [0.2, 0.25) is 10.0 Å². The third-order valence-corrected chi connectivity index (χ3v) is 5.25. The molecular weight excluding hydrogens is 288 g/mol. The van der Waals surface area contributed by atoms with E-state index in [1.165, 1.54) is 0 Å². The predicted molar refractivity (Wildman–Crippen MR) is 86.3 cm³/mol. The van der Waals surface area contributed by atoms with E-state index in [0.29, 0.717) is 18.9 Å². The minimum absolute atomic E-state index is 0.157. The van der Waals surface area contributed by atoms with E-state index in [-0.39, 0.29) is 11.7 Å². The van der Waals surface area contributed by atoms with Crippen LogP contribution in [-0.4, -0.2) is 40.5 Å². The first-order valence-electron chi connectivity index (χ1n) is 7.43. The van der Waals surface area contributed by atoms with Gasteiger partial charge in [-0.3, -0.25) is 4.72 Å². The number of anilines is 2. The van der Waals surface area contributed by atoms with Gasteiger partial charge in [0.1, 0.15) is 0 Å². The summed E-state index contributed by atoms with van der Waals surface area (Å²) in [6, 6.07) is 7.56. The molecule has 1 aliphatic heterocycles. The largest absolute Gasteiger partial charge is 0.378 e. The molecule has 0 aromatic heterocycles. The van der Waals surface area contributed by atoms with Crippen LogP contribution in [0.1, 0.15) is 20.3 Å². The second kappa shape index (κ2) is 7.13. The fourth-order valence-corrected chi connectivity index (χ4v) is 3.86. The number of morpholine rings is 1. The normalized spacial score (nSPS) is 17.5. The third-order valence-electron chi connectivity index (χ3n) is 3.70. The highest BCUT2D eigenvalue weighted by Gasteiger charge is 2.16. The molecule has 0 unspecified atom stereocenters. The van der Waals surface area contributed by atoms with Crippen molar-refractivity contribution >= 4 is 21.4 Å². The van der Waals surface area contributed by atoms with E-state index in [2.05, 4.69) is 9.62 Å². The Labute approximate surface area is 127 Å². The number of nitrogens with zero attached hydrogens (tertiary/aromatic N) is 1. The zero-order valence-corrected chi connectivity index (χ0v) is 13.5. The summed E-state index contributed by atoms with van der Waals surface area (Å²) in [4.78, 5) is 2.20. The van der Waals surface area contributed by atoms with Gasteiger partial charge in [-0.1, -0.05) is 26.3 Å². The van der Waals surface area contributed by atoms with Crippen LogP contribution in [0.15, 0.2) is 24.3 Å². The van der Waals surface area contributed by atoms with Gasteiger partial charge in [0.05, 0.1) is 24.7 Å². The number of rotatable bonds is 6. The number of nitrogens with one attached hydrogen (secondary N) is 1. The van der Waals surface area contributed by atoms with Crippen LogP contribution < -0.4 is 9.62 Å². The Kier molecular flexibility index (Phi) is 5.47. The average molecular weight is 312 g/mol. The quantitative estimate of drug-likeness (QED) is 0.876. The van der Waals surface area contributed by atoms with Crippen molar-refractivity contribution in [3.8, 4) is 0 Å². The summed E-state index contributed by atoms with van der Waals surface area (Å²) in [6.45, 7) is 7.04. The molecule has 1 aromatic rings. The van der Waals surface area contributed by atoms with Crippen molar-refractivity contribution in [2.45, 2.75) is 20.3 Å². The summed E-state index contributed by atoms with van der Waals surface area (Å²) < 4.78 is 32.2. The first-order chi connectivity index (χ1) is 10.00. The van der Waals surface area contributed by atoms with E-state index in [9.17, 15) is 8.42 Å². The molecule has 1 saturated heterocycles. The molecule has 1 aliphatic rings. The highest BCUT2D eigenvalue weighted by Crippen LogP contribution is 2.21. The summed E-state index contributed by atoms with van der Waals surface area (Å²) in [5.41, 5.74) is 1.66. The van der Waals surface area contributed by atoms with Gasteiger partial charge in [-0.25, -0.2) is 8.42 Å². The second-order valence-corrected chi connectivity index (χ2v) is 7.31. The van der Waals surface area contributed by atoms with Crippen molar-refractivity contribution < 1.29 is 13.2 Å². The first kappa shape index (κ1) is 16.1. The van der Waals surface area contributed by atoms with Crippen LogP contribution in [0, 0.1) is 5.92 Å². The molecule has 1 N–H and O–H groups in total. The Morgan fingerprint density at radius 3 is 2.71 bits per heavy atom. The van der Waals surface area contributed by atoms with E-state index >= 15 is 0 Å². The highest BCUT2D eigenvalue weighted by molar-refractivity contribution is 7.92. The zero-order chi connectivity index (χ0) is 15.3. The Balaban J connectivity index is 2.06. The molecule has 5 nitrogen and oxygen atoms in total. The SMILES string of the molecule is CC[C@H](C)CS(=O)(=O)Nc1cccc(N2CCOCC2)c1. The van der Waals surface area contributed by atoms with Crippen molar-refractivity contribution in [2.24, 2.45) is 5.92 Å². The lowest BCUT2D eigenvalue weighted by Gasteiger charge is -2.29. The molecule has 0 aliphatic carbocycles. The second-order valence-electron chi connectivity index (χ2n) is 5.55. The molecule has 118 valence electrons. The third kappa shape index (κ3) is 4.89. The van der Waals surface area contributed by atoms with Crippen molar-refractivity contribution in [1.29, 1.82) is 0 Å². The Morgan fingerprint density at radius 1 is 1.33 bits per heavy atom. The molecule has 0 radical (unpaired) electrons. The fraction of sp³-hybridized carbons (Fsp3) is 0.600. The maximum absolute atomic E-state index is 12.1. The van der Waals surface area contributed by atoms with E-state index in [0.717, 1.165) is 25.2 Å². The predicted octanol–water partition coefficient (Wildman–Crippen LogP) is 2.31. The van der Waals surface area contributed by atoms with Gasteiger partial charge in [-0.15, -0.1) is 0 Å². The average Bonchev–Trinajstić information content (AvgIpc) is 2.47. The lowest BCUT2D eigenvalue weighted by atomic mass is 10.2. The van der Waals surface area contributed by atoms with Gasteiger partial charge in [-0.05, 0) is 24.1 Å². The molecule has 0 bridgehead atoms. The number of hydrogen-bond acceptors (Lipinski definition) is 4. The van der Waals surface area contributed by atoms with Crippen LogP contribution in [0.2, 0.25) is 0 Å². The molecular formula is C15H24N2O3S. The fourth-order valence-electron chi connectivity index (χ4n) is 2.30. The molecule has 1 heterocycles. The highest BCUT2D eigenvalue weighted by atomic mass is 32.2. The number of benzene rings is 1. The topological polar surface area (TPSA) is 58.6 Å². The molecule has 1 fully saturated rings. The molecule has 1 atom stereocenters. The van der Waals surface area contributed by atoms with E-state index in [4.69, 9.17) is 4.74 Å². The van der Waals surface area contributed by atoms with Crippen LogP contribution in [-0.2, 0) is 14.8 Å². The van der Waals surface area contributed by atoms with Crippen molar-refractivity contribution in [2.75, 3.05) is 41.7 Å². The van der Waals surface area contributed by atoms with Crippen LogP contribution in [0.25, 0.3) is 0 Å². The molecule has 2 rings (SSSR count). The Hall–Kier alpha value is -1.27. The van der Waals surface area contributed by atoms with Crippen LogP contribution in [0.3, 0.4) is 0 Å². The lowest BCUT2D eigenvalue weighted by Crippen LogP contribution is -2.36. The summed E-state index contributed by atoms with van der Waals surface area (Å²) in [7, 11) is -3.29. The molecule has 1 aromatic carbocycles. The summed E-state index contributed by atoms with van der Waals surface area (Å²) in [6.07, 6.45) is 0.856. The monoisotopic (exact) mass is 312 g/mol. The maximum atomic E-state index is 12.1. The molecule has 6 heteroatoms. The van der Waals surface area contributed by atoms with E-state index in [1.807, 2.05) is 32.0 Å². The first-order valence-corrected chi connectivity index (χ1v) is 9.08. The standard InChI is InChI=1S/C15H24N2O3S/c1-3-13(2)12-21(18,19)16-14-5-4-6-15(11-14)17-7-9-20-10-8-17/h4-6,11,13,16H,3,7-10,12H2,1-2H3/t13-/m0/s1. The van der Waals surface area contributed by atoms with Crippen molar-refractivity contribution in [3.05, 3.63) is 24.3 Å². The summed E-state index contributed by atoms with van der Waals surface area (Å²) in [5, 5.41) is 0. The Bertz CT molecular complexity index is 554. The molecule has 0 amide bonds. The van der Waals surface area contributed by atoms with Crippen molar-refractivity contribution in [3.63, 3.8) is 0 Å². The van der Waals surface area contributed by atoms with E-state index < -0.39 is 10.0 Å². The van der Waals surface area contributed by atoms with Gasteiger partial charge in [0.25, 0.3) is 0 Å². The van der Waals surface area contributed by atoms with Gasteiger partial charge in [-0.2, -0.15) is 0 Å². The van der Waals surface area contributed by atoms with Crippen LogP contribution in [0.5, 0.6) is 0 Å². The van der Waals surface area contributed by atoms with E-state index in [1.54, 1.807) is 6.07 Å². The van der Waals surface area contributed by atoms with Crippen LogP contribution in [0.4, 0.5) is 11.4 Å². The Morgan fingerprint density at radius 2 is 2.05 bits per heavy atom. The minimum atomic E-state index is -3.29. The van der Waals surface area contributed by atoms with Crippen LogP contribution >= 0.6 is 0 Å². The zero-order valence-electron chi connectivity index (χ0n) is 12.7. The van der Waals surface area contributed by atoms with Crippen molar-refractivity contribution in [1.82, 2.24) is 0 Å².